The van der Waals surface area contributed by atoms with Gasteiger partial charge < -0.3 is 9.84 Å². The number of alkyl halides is 6. The molecule has 186 valence electrons. The second-order valence-corrected chi connectivity index (χ2v) is 8.83. The Hall–Kier alpha value is -3.41. The Morgan fingerprint density at radius 1 is 0.943 bits per heavy atom. The van der Waals surface area contributed by atoms with Gasteiger partial charge in [-0.2, -0.15) is 40.0 Å². The molecule has 7 nitrogen and oxygen atoms in total. The Morgan fingerprint density at radius 2 is 1.57 bits per heavy atom. The molecular weight excluding hydrogens is 508 g/mol. The highest BCUT2D eigenvalue weighted by molar-refractivity contribution is 7.86. The zero-order valence-corrected chi connectivity index (χ0v) is 17.9. The number of carbonyl (C=O) groups is 1. The Bertz CT molecular complexity index is 1460. The van der Waals surface area contributed by atoms with Gasteiger partial charge in [0.1, 0.15) is 4.90 Å². The minimum absolute atomic E-state index is 0.0387. The summed E-state index contributed by atoms with van der Waals surface area (Å²) in [5, 5.41) is 19.1. The van der Waals surface area contributed by atoms with Crippen LogP contribution in [0.4, 0.5) is 26.3 Å². The molecule has 0 atom stereocenters. The van der Waals surface area contributed by atoms with E-state index >= 15 is 0 Å². The van der Waals surface area contributed by atoms with Gasteiger partial charge in [-0.3, -0.25) is 4.55 Å². The molecule has 0 aliphatic carbocycles. The molecule has 0 aliphatic rings. The van der Waals surface area contributed by atoms with Crippen molar-refractivity contribution in [3.8, 4) is 6.07 Å². The van der Waals surface area contributed by atoms with Crippen molar-refractivity contribution in [3.05, 3.63) is 53.6 Å². The summed E-state index contributed by atoms with van der Waals surface area (Å²) in [5.41, 5.74) is -5.49. The monoisotopic (exact) mass is 521 g/mol. The average molecular weight is 521 g/mol. The van der Waals surface area contributed by atoms with E-state index in [9.17, 15) is 44.1 Å². The van der Waals surface area contributed by atoms with Crippen molar-refractivity contribution in [2.45, 2.75) is 29.3 Å². The van der Waals surface area contributed by atoms with Crippen LogP contribution in [-0.4, -0.2) is 48.6 Å². The van der Waals surface area contributed by atoms with Crippen LogP contribution in [-0.2, 0) is 14.9 Å². The first kappa shape index (κ1) is 26.2. The lowest BCUT2D eigenvalue weighted by Gasteiger charge is -2.31. The van der Waals surface area contributed by atoms with Gasteiger partial charge in [-0.1, -0.05) is 6.07 Å². The maximum Gasteiger partial charge on any atom is 0.426 e. The van der Waals surface area contributed by atoms with Crippen LogP contribution in [0.25, 0.3) is 21.5 Å². The van der Waals surface area contributed by atoms with E-state index in [1.807, 2.05) is 6.07 Å². The van der Waals surface area contributed by atoms with Crippen molar-refractivity contribution >= 4 is 37.6 Å². The topological polar surface area (TPSA) is 125 Å². The van der Waals surface area contributed by atoms with Gasteiger partial charge in [0.05, 0.1) is 23.8 Å². The van der Waals surface area contributed by atoms with E-state index in [1.54, 1.807) is 0 Å². The van der Waals surface area contributed by atoms with Gasteiger partial charge >= 0.3 is 18.3 Å². The van der Waals surface area contributed by atoms with Crippen molar-refractivity contribution in [2.75, 3.05) is 6.61 Å². The van der Waals surface area contributed by atoms with Crippen LogP contribution in [0.1, 0.15) is 22.3 Å². The second-order valence-electron chi connectivity index (χ2n) is 7.44. The lowest BCUT2D eigenvalue weighted by molar-refractivity contribution is -0.371. The number of benzene rings is 3. The maximum atomic E-state index is 12.8. The number of carbonyl (C=O) groups excluding carboxylic acids is 1. The summed E-state index contributed by atoms with van der Waals surface area (Å²) in [6, 6.07) is 10.7. The SMILES string of the molecule is N#Cc1ccc2cc3c(S(=O)(=O)O)cc(C(=O)OCCC(O)(C(F)(F)F)C(F)(F)F)cc3cc2c1. The van der Waals surface area contributed by atoms with Crippen LogP contribution in [0.2, 0.25) is 0 Å². The second kappa shape index (κ2) is 8.67. The summed E-state index contributed by atoms with van der Waals surface area (Å²) < 4.78 is 114. The Morgan fingerprint density at radius 3 is 2.11 bits per heavy atom. The quantitative estimate of drug-likeness (QED) is 0.219. The summed E-state index contributed by atoms with van der Waals surface area (Å²) in [6.07, 6.45) is -14.3. The van der Waals surface area contributed by atoms with Crippen LogP contribution in [0, 0.1) is 11.3 Å². The van der Waals surface area contributed by atoms with E-state index in [0.717, 1.165) is 6.07 Å². The van der Waals surface area contributed by atoms with E-state index in [4.69, 9.17) is 10.4 Å². The molecule has 0 fully saturated rings. The molecule has 3 aromatic carbocycles. The van der Waals surface area contributed by atoms with Gasteiger partial charge in [0.25, 0.3) is 15.7 Å². The van der Waals surface area contributed by atoms with Gasteiger partial charge in [0.2, 0.25) is 0 Å². The molecule has 2 N–H and O–H groups in total. The minimum atomic E-state index is -6.11. The van der Waals surface area contributed by atoms with Crippen molar-refractivity contribution in [3.63, 3.8) is 0 Å². The molecule has 3 rings (SSSR count). The fraction of sp³-hybridized carbons (Fsp3) is 0.238. The van der Waals surface area contributed by atoms with E-state index < -0.39 is 57.5 Å². The smallest absolute Gasteiger partial charge is 0.426 e. The number of nitriles is 1. The number of hydrogen-bond acceptors (Lipinski definition) is 6. The van der Waals surface area contributed by atoms with Crippen LogP contribution in [0.15, 0.2) is 47.4 Å². The Balaban J connectivity index is 2.01. The summed E-state index contributed by atoms with van der Waals surface area (Å²) in [5.74, 6) is -1.51. The van der Waals surface area contributed by atoms with Crippen molar-refractivity contribution in [1.82, 2.24) is 0 Å². The Kier molecular flexibility index (Phi) is 6.49. The summed E-state index contributed by atoms with van der Waals surface area (Å²) in [4.78, 5) is 11.6. The van der Waals surface area contributed by atoms with Crippen molar-refractivity contribution in [2.24, 2.45) is 0 Å². The fourth-order valence-electron chi connectivity index (χ4n) is 3.30. The van der Waals surface area contributed by atoms with Gasteiger partial charge in [-0.25, -0.2) is 4.79 Å². The van der Waals surface area contributed by atoms with Gasteiger partial charge in [0.15, 0.2) is 0 Å². The number of fused-ring (bicyclic) bond motifs is 2. The van der Waals surface area contributed by atoms with Crippen LogP contribution < -0.4 is 0 Å². The summed E-state index contributed by atoms with van der Waals surface area (Å²) in [6.45, 7) is -1.52. The fourth-order valence-corrected chi connectivity index (χ4v) is 4.03. The largest absolute Gasteiger partial charge is 0.462 e. The molecule has 0 saturated heterocycles. The molecule has 0 spiro atoms. The van der Waals surface area contributed by atoms with Crippen LogP contribution >= 0.6 is 0 Å². The number of rotatable bonds is 5. The van der Waals surface area contributed by atoms with Gasteiger partial charge in [0, 0.05) is 11.8 Å². The number of hydrogen-bond donors (Lipinski definition) is 2. The maximum absolute atomic E-state index is 12.8. The first-order valence-corrected chi connectivity index (χ1v) is 10.8. The molecule has 0 saturated carbocycles. The van der Waals surface area contributed by atoms with E-state index in [2.05, 4.69) is 4.74 Å². The predicted molar refractivity (Wildman–Crippen MR) is 108 cm³/mol. The van der Waals surface area contributed by atoms with Crippen molar-refractivity contribution in [1.29, 1.82) is 5.26 Å². The van der Waals surface area contributed by atoms with E-state index in [0.29, 0.717) is 16.8 Å². The number of halogens is 6. The highest BCUT2D eigenvalue weighted by Crippen LogP contribution is 2.45. The zero-order chi connectivity index (χ0) is 26.4. The van der Waals surface area contributed by atoms with Gasteiger partial charge in [-0.15, -0.1) is 0 Å². The first-order valence-electron chi connectivity index (χ1n) is 9.40. The molecule has 3 aromatic rings. The van der Waals surface area contributed by atoms with Crippen molar-refractivity contribution < 1.29 is 54.0 Å². The highest BCUT2D eigenvalue weighted by atomic mass is 32.2. The minimum Gasteiger partial charge on any atom is -0.462 e. The predicted octanol–water partition coefficient (Wildman–Crippen LogP) is 4.51. The summed E-state index contributed by atoms with van der Waals surface area (Å²) in [7, 11) is -4.95. The number of nitrogens with zero attached hydrogens (tertiary/aromatic N) is 1. The molecule has 0 heterocycles. The zero-order valence-electron chi connectivity index (χ0n) is 17.1. The lowest BCUT2D eigenvalue weighted by atomic mass is 9.99. The third-order valence-electron chi connectivity index (χ3n) is 5.15. The number of aliphatic hydroxyl groups is 1. The van der Waals surface area contributed by atoms with E-state index in [1.165, 1.54) is 30.3 Å². The third-order valence-corrected chi connectivity index (χ3v) is 6.04. The normalized spacial score (nSPS) is 13.1. The standard InChI is InChI=1S/C21H13F6NO6S/c22-20(23,24)19(30,21(25,26)27)3-4-34-18(29)15-7-14-6-13-5-11(10-28)1-2-12(13)8-16(14)17(9-15)35(31,32)33/h1-2,5-9,30H,3-4H2,(H,31,32,33). The molecule has 0 aromatic heterocycles. The lowest BCUT2D eigenvalue weighted by Crippen LogP contribution is -2.57. The highest BCUT2D eigenvalue weighted by Gasteiger charge is 2.70. The molecule has 0 bridgehead atoms. The summed E-state index contributed by atoms with van der Waals surface area (Å²) >= 11 is 0. The Labute approximate surface area is 192 Å². The first-order chi connectivity index (χ1) is 16.0. The number of ether oxygens (including phenoxy) is 1. The molecule has 0 unspecified atom stereocenters. The molecule has 0 amide bonds. The van der Waals surface area contributed by atoms with Gasteiger partial charge in [-0.05, 0) is 52.6 Å². The average Bonchev–Trinajstić information content (AvgIpc) is 2.73. The van der Waals surface area contributed by atoms with Crippen LogP contribution in [0.5, 0.6) is 0 Å². The third kappa shape index (κ3) is 5.02. The number of esters is 1. The van der Waals surface area contributed by atoms with E-state index in [-0.39, 0.29) is 16.3 Å². The molecule has 14 heteroatoms. The molecular formula is C21H13F6NO6S. The molecule has 35 heavy (non-hydrogen) atoms. The molecule has 0 aliphatic heterocycles. The van der Waals surface area contributed by atoms with Crippen LogP contribution in [0.3, 0.4) is 0 Å². The molecule has 0 radical (unpaired) electrons.